The predicted octanol–water partition coefficient (Wildman–Crippen LogP) is 0.570. The Balaban J connectivity index is 2.09. The molecule has 1 aromatic heterocycles. The number of amides is 3. The number of nitrogens with one attached hydrogen (secondary N) is 1. The predicted molar refractivity (Wildman–Crippen MR) is 79.7 cm³/mol. The summed E-state index contributed by atoms with van der Waals surface area (Å²) in [6.07, 6.45) is 1.00. The molecular formula is C14H18F2N4O4. The van der Waals surface area contributed by atoms with Crippen LogP contribution in [-0.2, 0) is 4.79 Å². The Labute approximate surface area is 136 Å². The fraction of sp³-hybridized carbons (Fsp3) is 0.500. The number of primary amides is 1. The van der Waals surface area contributed by atoms with Crippen molar-refractivity contribution in [3.05, 3.63) is 18.3 Å². The third-order valence-electron chi connectivity index (χ3n) is 3.72. The third kappa shape index (κ3) is 3.23. The van der Waals surface area contributed by atoms with Gasteiger partial charge < -0.3 is 25.8 Å². The van der Waals surface area contributed by atoms with Crippen LogP contribution < -0.4 is 15.8 Å². The van der Waals surface area contributed by atoms with Crippen molar-refractivity contribution in [2.45, 2.75) is 24.9 Å². The Morgan fingerprint density at radius 2 is 2.29 bits per heavy atom. The van der Waals surface area contributed by atoms with Crippen molar-refractivity contribution < 1.29 is 28.2 Å². The van der Waals surface area contributed by atoms with E-state index in [0.29, 0.717) is 6.61 Å². The summed E-state index contributed by atoms with van der Waals surface area (Å²) < 4.78 is 32.8. The van der Waals surface area contributed by atoms with Gasteiger partial charge in [0.15, 0.2) is 5.60 Å². The molecule has 0 radical (unpaired) electrons. The van der Waals surface area contributed by atoms with Gasteiger partial charge in [-0.3, -0.25) is 4.79 Å². The molecule has 1 fully saturated rings. The Morgan fingerprint density at radius 3 is 2.92 bits per heavy atom. The first-order valence-corrected chi connectivity index (χ1v) is 7.25. The second kappa shape index (κ2) is 6.56. The standard InChI is InChI=1S/C14H18F2N4O4/c1-2-24-10-9(4-3-6-18-10)19-12(22)20-7-5-13(23,8-20)14(15,16)11(17)21/h3-4,6,23H,2,5,7-8H2,1H3,(H2,17,21)(H,19,22). The summed E-state index contributed by atoms with van der Waals surface area (Å²) in [5, 5.41) is 12.5. The molecule has 0 aromatic carbocycles. The van der Waals surface area contributed by atoms with Gasteiger partial charge in [0.1, 0.15) is 5.69 Å². The highest BCUT2D eigenvalue weighted by molar-refractivity contribution is 5.91. The minimum atomic E-state index is -4.13. The average molecular weight is 344 g/mol. The number of rotatable bonds is 5. The van der Waals surface area contributed by atoms with Crippen molar-refractivity contribution in [3.63, 3.8) is 0 Å². The van der Waals surface area contributed by atoms with Crippen molar-refractivity contribution in [1.82, 2.24) is 9.88 Å². The molecule has 4 N–H and O–H groups in total. The lowest BCUT2D eigenvalue weighted by Gasteiger charge is -2.29. The molecule has 1 unspecified atom stereocenters. The maximum Gasteiger partial charge on any atom is 0.353 e. The van der Waals surface area contributed by atoms with Crippen LogP contribution in [0.25, 0.3) is 0 Å². The summed E-state index contributed by atoms with van der Waals surface area (Å²) in [7, 11) is 0. The zero-order valence-electron chi connectivity index (χ0n) is 13.0. The number of alkyl halides is 2. The van der Waals surface area contributed by atoms with E-state index in [1.54, 1.807) is 13.0 Å². The molecule has 24 heavy (non-hydrogen) atoms. The smallest absolute Gasteiger partial charge is 0.353 e. The first-order chi connectivity index (χ1) is 11.2. The number of carbonyl (C=O) groups is 2. The molecule has 2 rings (SSSR count). The molecule has 1 saturated heterocycles. The highest BCUT2D eigenvalue weighted by Crippen LogP contribution is 2.36. The van der Waals surface area contributed by atoms with Gasteiger partial charge in [0.25, 0.3) is 5.91 Å². The van der Waals surface area contributed by atoms with Crippen LogP contribution >= 0.6 is 0 Å². The van der Waals surface area contributed by atoms with Gasteiger partial charge in [0, 0.05) is 19.2 Å². The number of likely N-dealkylation sites (tertiary alicyclic amines) is 1. The van der Waals surface area contributed by atoms with E-state index in [2.05, 4.69) is 16.0 Å². The van der Waals surface area contributed by atoms with Gasteiger partial charge in [-0.25, -0.2) is 9.78 Å². The topological polar surface area (TPSA) is 118 Å². The van der Waals surface area contributed by atoms with Gasteiger partial charge in [-0.15, -0.1) is 0 Å². The number of nitrogens with zero attached hydrogens (tertiary/aromatic N) is 2. The third-order valence-corrected chi connectivity index (χ3v) is 3.72. The zero-order chi connectivity index (χ0) is 18.0. The lowest BCUT2D eigenvalue weighted by atomic mass is 9.94. The summed E-state index contributed by atoms with van der Waals surface area (Å²) in [4.78, 5) is 28.0. The van der Waals surface area contributed by atoms with E-state index in [4.69, 9.17) is 4.74 Å². The minimum Gasteiger partial charge on any atom is -0.476 e. The Hall–Kier alpha value is -2.49. The van der Waals surface area contributed by atoms with Crippen LogP contribution in [0.5, 0.6) is 5.88 Å². The van der Waals surface area contributed by atoms with Crippen LogP contribution in [0.15, 0.2) is 18.3 Å². The fourth-order valence-corrected chi connectivity index (χ4v) is 2.38. The summed E-state index contributed by atoms with van der Waals surface area (Å²) in [6.45, 7) is 1.19. The van der Waals surface area contributed by atoms with Crippen molar-refractivity contribution in [1.29, 1.82) is 0 Å². The van der Waals surface area contributed by atoms with Crippen LogP contribution in [0.1, 0.15) is 13.3 Å². The Bertz CT molecular complexity index is 643. The number of ether oxygens (including phenoxy) is 1. The number of hydrogen-bond donors (Lipinski definition) is 3. The van der Waals surface area contributed by atoms with E-state index in [1.165, 1.54) is 12.3 Å². The first kappa shape index (κ1) is 17.9. The molecule has 1 atom stereocenters. The molecular weight excluding hydrogens is 326 g/mol. The molecule has 1 aliphatic rings. The number of carbonyl (C=O) groups excluding carboxylic acids is 2. The highest BCUT2D eigenvalue weighted by Gasteiger charge is 2.60. The zero-order valence-corrected chi connectivity index (χ0v) is 13.0. The van der Waals surface area contributed by atoms with Gasteiger partial charge in [-0.1, -0.05) is 0 Å². The lowest BCUT2D eigenvalue weighted by Crippen LogP contribution is -2.57. The quantitative estimate of drug-likeness (QED) is 0.722. The number of urea groups is 1. The van der Waals surface area contributed by atoms with E-state index >= 15 is 0 Å². The number of aromatic nitrogens is 1. The minimum absolute atomic E-state index is 0.157. The molecule has 2 heterocycles. The normalized spacial score (nSPS) is 20.8. The van der Waals surface area contributed by atoms with Crippen molar-refractivity contribution >= 4 is 17.6 Å². The van der Waals surface area contributed by atoms with E-state index < -0.39 is 36.4 Å². The number of halogens is 2. The summed E-state index contributed by atoms with van der Waals surface area (Å²) in [6, 6.07) is 2.38. The highest BCUT2D eigenvalue weighted by atomic mass is 19.3. The molecule has 0 bridgehead atoms. The number of hydrogen-bond acceptors (Lipinski definition) is 5. The van der Waals surface area contributed by atoms with E-state index in [-0.39, 0.29) is 18.1 Å². The largest absolute Gasteiger partial charge is 0.476 e. The number of pyridine rings is 1. The Morgan fingerprint density at radius 1 is 1.58 bits per heavy atom. The molecule has 1 aromatic rings. The first-order valence-electron chi connectivity index (χ1n) is 7.25. The SMILES string of the molecule is CCOc1ncccc1NC(=O)N1CCC(O)(C(F)(F)C(N)=O)C1. The fourth-order valence-electron chi connectivity index (χ4n) is 2.38. The number of β-amino-alcohol motifs (C(OH)–C–C–N with tert-alkyl or cyclic N) is 1. The molecule has 10 heteroatoms. The van der Waals surface area contributed by atoms with E-state index in [1.807, 2.05) is 0 Å². The average Bonchev–Trinajstić information content (AvgIpc) is 2.93. The van der Waals surface area contributed by atoms with Crippen molar-refractivity contribution in [2.24, 2.45) is 5.73 Å². The monoisotopic (exact) mass is 344 g/mol. The summed E-state index contributed by atoms with van der Waals surface area (Å²) in [5.41, 5.74) is 2.22. The maximum absolute atomic E-state index is 13.8. The Kier molecular flexibility index (Phi) is 4.88. The van der Waals surface area contributed by atoms with E-state index in [9.17, 15) is 23.5 Å². The van der Waals surface area contributed by atoms with Gasteiger partial charge in [0.05, 0.1) is 13.2 Å². The number of nitrogens with two attached hydrogens (primary N) is 1. The van der Waals surface area contributed by atoms with Crippen LogP contribution in [0.3, 0.4) is 0 Å². The molecule has 132 valence electrons. The van der Waals surface area contributed by atoms with Crippen LogP contribution in [0.2, 0.25) is 0 Å². The lowest BCUT2D eigenvalue weighted by molar-refractivity contribution is -0.185. The van der Waals surface area contributed by atoms with Gasteiger partial charge in [0.2, 0.25) is 5.88 Å². The summed E-state index contributed by atoms with van der Waals surface area (Å²) >= 11 is 0. The van der Waals surface area contributed by atoms with Crippen LogP contribution in [-0.4, -0.2) is 58.1 Å². The molecule has 8 nitrogen and oxygen atoms in total. The van der Waals surface area contributed by atoms with Gasteiger partial charge in [-0.2, -0.15) is 8.78 Å². The maximum atomic E-state index is 13.8. The number of aliphatic hydroxyl groups is 1. The molecule has 1 aliphatic heterocycles. The van der Waals surface area contributed by atoms with Crippen molar-refractivity contribution in [2.75, 3.05) is 25.0 Å². The molecule has 3 amide bonds. The van der Waals surface area contributed by atoms with Crippen LogP contribution in [0, 0.1) is 0 Å². The second-order valence-corrected chi connectivity index (χ2v) is 5.36. The second-order valence-electron chi connectivity index (χ2n) is 5.36. The van der Waals surface area contributed by atoms with E-state index in [0.717, 1.165) is 4.90 Å². The van der Waals surface area contributed by atoms with Gasteiger partial charge >= 0.3 is 12.0 Å². The molecule has 0 aliphatic carbocycles. The van der Waals surface area contributed by atoms with Crippen LogP contribution in [0.4, 0.5) is 19.3 Å². The van der Waals surface area contributed by atoms with Crippen molar-refractivity contribution in [3.8, 4) is 5.88 Å². The molecule has 0 spiro atoms. The summed E-state index contributed by atoms with van der Waals surface area (Å²) in [5.74, 6) is -5.88. The number of anilines is 1. The molecule has 0 saturated carbocycles. The van der Waals surface area contributed by atoms with Gasteiger partial charge in [-0.05, 0) is 19.1 Å².